The highest BCUT2D eigenvalue weighted by atomic mass is 16.1. The molecule has 4 N–H and O–H groups in total. The zero-order chi connectivity index (χ0) is 13.1. The average molecular weight is 246 g/mol. The number of aromatic amines is 1. The molecule has 0 bridgehead atoms. The molecule has 0 fully saturated rings. The Morgan fingerprint density at radius 3 is 2.72 bits per heavy atom. The summed E-state index contributed by atoms with van der Waals surface area (Å²) in [6, 6.07) is 0. The number of anilines is 1. The van der Waals surface area contributed by atoms with E-state index in [2.05, 4.69) is 25.5 Å². The van der Waals surface area contributed by atoms with Gasteiger partial charge in [-0.2, -0.15) is 5.10 Å². The monoisotopic (exact) mass is 246 g/mol. The molecule has 0 aliphatic heterocycles. The molecule has 2 aromatic heterocycles. The van der Waals surface area contributed by atoms with Crippen LogP contribution in [-0.2, 0) is 6.54 Å². The molecular formula is C11H14N6O. The van der Waals surface area contributed by atoms with E-state index in [4.69, 9.17) is 5.73 Å². The molecule has 18 heavy (non-hydrogen) atoms. The van der Waals surface area contributed by atoms with Crippen LogP contribution in [-0.4, -0.2) is 26.1 Å². The highest BCUT2D eigenvalue weighted by Crippen LogP contribution is 2.11. The van der Waals surface area contributed by atoms with Crippen molar-refractivity contribution in [2.75, 3.05) is 5.73 Å². The Morgan fingerprint density at radius 1 is 1.39 bits per heavy atom. The number of H-pyrrole nitrogens is 1. The standard InChI is InChI=1S/C11H14N6O/c1-6-3-14-8(4-13-6)5-15-11(18)10-9(12)7(2)16-17-10/h3-4H,5,12H2,1-2H3,(H,15,18)(H,16,17). The van der Waals surface area contributed by atoms with Crippen LogP contribution in [0.1, 0.15) is 27.6 Å². The van der Waals surface area contributed by atoms with Gasteiger partial charge in [0.25, 0.3) is 5.91 Å². The Labute approximate surface area is 104 Å². The predicted molar refractivity (Wildman–Crippen MR) is 65.7 cm³/mol. The third-order valence-corrected chi connectivity index (χ3v) is 2.47. The summed E-state index contributed by atoms with van der Waals surface area (Å²) in [5.74, 6) is -0.334. The van der Waals surface area contributed by atoms with E-state index in [0.29, 0.717) is 17.1 Å². The molecule has 1 amide bonds. The number of nitrogens with two attached hydrogens (primary N) is 1. The second-order valence-electron chi connectivity index (χ2n) is 3.94. The maximum Gasteiger partial charge on any atom is 0.274 e. The van der Waals surface area contributed by atoms with Gasteiger partial charge < -0.3 is 11.1 Å². The third kappa shape index (κ3) is 2.45. The van der Waals surface area contributed by atoms with E-state index in [-0.39, 0.29) is 18.1 Å². The lowest BCUT2D eigenvalue weighted by molar-refractivity contribution is 0.0946. The van der Waals surface area contributed by atoms with Gasteiger partial charge in [-0.1, -0.05) is 0 Å². The van der Waals surface area contributed by atoms with Gasteiger partial charge in [-0.15, -0.1) is 0 Å². The second-order valence-corrected chi connectivity index (χ2v) is 3.94. The zero-order valence-corrected chi connectivity index (χ0v) is 10.2. The van der Waals surface area contributed by atoms with Crippen LogP contribution < -0.4 is 11.1 Å². The summed E-state index contributed by atoms with van der Waals surface area (Å²) in [5, 5.41) is 9.19. The van der Waals surface area contributed by atoms with E-state index < -0.39 is 0 Å². The van der Waals surface area contributed by atoms with Gasteiger partial charge in [0.1, 0.15) is 0 Å². The van der Waals surface area contributed by atoms with Gasteiger partial charge in [0.05, 0.1) is 35.5 Å². The average Bonchev–Trinajstić information content (AvgIpc) is 2.69. The van der Waals surface area contributed by atoms with E-state index in [9.17, 15) is 4.79 Å². The molecule has 0 spiro atoms. The Kier molecular flexibility index (Phi) is 3.22. The molecule has 2 heterocycles. The summed E-state index contributed by atoms with van der Waals surface area (Å²) in [6.07, 6.45) is 3.27. The van der Waals surface area contributed by atoms with E-state index in [0.717, 1.165) is 5.69 Å². The van der Waals surface area contributed by atoms with Crippen molar-refractivity contribution in [2.45, 2.75) is 20.4 Å². The van der Waals surface area contributed by atoms with Crippen LogP contribution >= 0.6 is 0 Å². The molecule has 0 aliphatic rings. The number of rotatable bonds is 3. The van der Waals surface area contributed by atoms with Crippen molar-refractivity contribution in [3.63, 3.8) is 0 Å². The first-order chi connectivity index (χ1) is 8.58. The van der Waals surface area contributed by atoms with Gasteiger partial charge in [-0.3, -0.25) is 19.9 Å². The number of hydrogen-bond donors (Lipinski definition) is 3. The van der Waals surface area contributed by atoms with Gasteiger partial charge in [0, 0.05) is 6.20 Å². The maximum atomic E-state index is 11.8. The fourth-order valence-corrected chi connectivity index (χ4v) is 1.38. The normalized spacial score (nSPS) is 10.3. The van der Waals surface area contributed by atoms with Crippen LogP contribution in [0, 0.1) is 13.8 Å². The van der Waals surface area contributed by atoms with E-state index in [1.807, 2.05) is 6.92 Å². The summed E-state index contributed by atoms with van der Waals surface area (Å²) >= 11 is 0. The van der Waals surface area contributed by atoms with Crippen molar-refractivity contribution in [2.24, 2.45) is 0 Å². The first-order valence-electron chi connectivity index (χ1n) is 5.44. The fraction of sp³-hybridized carbons (Fsp3) is 0.273. The Morgan fingerprint density at radius 2 is 2.17 bits per heavy atom. The molecule has 2 aromatic rings. The number of nitrogens with zero attached hydrogens (tertiary/aromatic N) is 3. The first-order valence-corrected chi connectivity index (χ1v) is 5.44. The number of nitrogens with one attached hydrogen (secondary N) is 2. The molecule has 0 aromatic carbocycles. The van der Waals surface area contributed by atoms with Gasteiger partial charge in [-0.25, -0.2) is 0 Å². The summed E-state index contributed by atoms with van der Waals surface area (Å²) in [4.78, 5) is 20.0. The minimum atomic E-state index is -0.334. The number of carbonyl (C=O) groups is 1. The second kappa shape index (κ2) is 4.82. The van der Waals surface area contributed by atoms with Crippen molar-refractivity contribution in [1.82, 2.24) is 25.5 Å². The number of aromatic nitrogens is 4. The molecule has 0 saturated heterocycles. The number of carbonyl (C=O) groups excluding carboxylic acids is 1. The number of aryl methyl sites for hydroxylation is 2. The first kappa shape index (κ1) is 12.0. The molecule has 7 heteroatoms. The Bertz CT molecular complexity index is 559. The lowest BCUT2D eigenvalue weighted by atomic mass is 10.3. The van der Waals surface area contributed by atoms with Gasteiger partial charge >= 0.3 is 0 Å². The third-order valence-electron chi connectivity index (χ3n) is 2.47. The van der Waals surface area contributed by atoms with Gasteiger partial charge in [-0.05, 0) is 13.8 Å². The number of nitrogen functional groups attached to an aromatic ring is 1. The van der Waals surface area contributed by atoms with Crippen molar-refractivity contribution >= 4 is 11.6 Å². The zero-order valence-electron chi connectivity index (χ0n) is 10.2. The van der Waals surface area contributed by atoms with Crippen LogP contribution in [0.3, 0.4) is 0 Å². The molecular weight excluding hydrogens is 232 g/mol. The number of amides is 1. The van der Waals surface area contributed by atoms with Crippen molar-refractivity contribution in [3.8, 4) is 0 Å². The van der Waals surface area contributed by atoms with Crippen LogP contribution in [0.5, 0.6) is 0 Å². The van der Waals surface area contributed by atoms with Crippen LogP contribution in [0.4, 0.5) is 5.69 Å². The van der Waals surface area contributed by atoms with E-state index in [1.165, 1.54) is 0 Å². The lowest BCUT2D eigenvalue weighted by Crippen LogP contribution is -2.24. The molecule has 0 unspecified atom stereocenters. The maximum absolute atomic E-state index is 11.8. The fourth-order valence-electron chi connectivity index (χ4n) is 1.38. The molecule has 0 aliphatic carbocycles. The van der Waals surface area contributed by atoms with Gasteiger partial charge in [0.2, 0.25) is 0 Å². The van der Waals surface area contributed by atoms with Crippen molar-refractivity contribution in [1.29, 1.82) is 0 Å². The lowest BCUT2D eigenvalue weighted by Gasteiger charge is -2.03. The highest BCUT2D eigenvalue weighted by Gasteiger charge is 2.14. The topological polar surface area (TPSA) is 110 Å². The van der Waals surface area contributed by atoms with E-state index >= 15 is 0 Å². The predicted octanol–water partition coefficient (Wildman–Crippen LogP) is 0.329. The molecule has 94 valence electrons. The van der Waals surface area contributed by atoms with Crippen LogP contribution in [0.15, 0.2) is 12.4 Å². The molecule has 0 saturated carbocycles. The SMILES string of the molecule is Cc1cnc(CNC(=O)c2n[nH]c(C)c2N)cn1. The molecule has 2 rings (SSSR count). The summed E-state index contributed by atoms with van der Waals surface area (Å²) in [6.45, 7) is 3.89. The summed E-state index contributed by atoms with van der Waals surface area (Å²) < 4.78 is 0. The highest BCUT2D eigenvalue weighted by molar-refractivity contribution is 5.97. The quantitative estimate of drug-likeness (QED) is 0.723. The van der Waals surface area contributed by atoms with Gasteiger partial charge in [0.15, 0.2) is 5.69 Å². The smallest absolute Gasteiger partial charge is 0.274 e. The minimum absolute atomic E-state index is 0.201. The van der Waals surface area contributed by atoms with Crippen LogP contribution in [0.2, 0.25) is 0 Å². The molecule has 7 nitrogen and oxygen atoms in total. The van der Waals surface area contributed by atoms with Crippen molar-refractivity contribution < 1.29 is 4.79 Å². The summed E-state index contributed by atoms with van der Waals surface area (Å²) in [7, 11) is 0. The van der Waals surface area contributed by atoms with Crippen LogP contribution in [0.25, 0.3) is 0 Å². The molecule has 0 radical (unpaired) electrons. The van der Waals surface area contributed by atoms with Crippen molar-refractivity contribution in [3.05, 3.63) is 35.2 Å². The summed E-state index contributed by atoms with van der Waals surface area (Å²) in [5.41, 5.74) is 8.46. The minimum Gasteiger partial charge on any atom is -0.395 e. The largest absolute Gasteiger partial charge is 0.395 e. The molecule has 0 atom stereocenters. The number of hydrogen-bond acceptors (Lipinski definition) is 5. The Hall–Kier alpha value is -2.44. The Balaban J connectivity index is 2.00. The van der Waals surface area contributed by atoms with E-state index in [1.54, 1.807) is 19.3 Å².